The lowest BCUT2D eigenvalue weighted by atomic mass is 9.83. The summed E-state index contributed by atoms with van der Waals surface area (Å²) >= 11 is -1.30. The molecule has 0 amide bonds. The molecule has 3 aromatic rings. The van der Waals surface area contributed by atoms with Crippen LogP contribution in [0.1, 0.15) is 67.5 Å². The lowest BCUT2D eigenvalue weighted by Crippen LogP contribution is -2.38. The van der Waals surface area contributed by atoms with Crippen molar-refractivity contribution in [1.29, 1.82) is 0 Å². The maximum Gasteiger partial charge on any atom is 0.337 e. The number of carbonyl (C=O) groups is 1. The lowest BCUT2D eigenvalue weighted by Gasteiger charge is -2.36. The number of hydrogen-bond donors (Lipinski definition) is 1. The van der Waals surface area contributed by atoms with Gasteiger partial charge in [0.2, 0.25) is 0 Å². The summed E-state index contributed by atoms with van der Waals surface area (Å²) in [6.07, 6.45) is 2.20. The van der Waals surface area contributed by atoms with Crippen molar-refractivity contribution in [3.05, 3.63) is 82.4 Å². The molecule has 6 nitrogen and oxygen atoms in total. The Bertz CT molecular complexity index is 1350. The van der Waals surface area contributed by atoms with Crippen LogP contribution in [0.4, 0.5) is 5.69 Å². The first-order valence-electron chi connectivity index (χ1n) is 13.7. The van der Waals surface area contributed by atoms with Crippen molar-refractivity contribution >= 4 is 23.0 Å². The predicted molar refractivity (Wildman–Crippen MR) is 156 cm³/mol. The molecule has 0 aliphatic carbocycles. The number of carboxylic acid groups (broad SMARTS) is 1. The van der Waals surface area contributed by atoms with Crippen molar-refractivity contribution in [3.8, 4) is 16.9 Å². The first-order chi connectivity index (χ1) is 18.6. The van der Waals surface area contributed by atoms with Gasteiger partial charge in [-0.05, 0) is 99.4 Å². The van der Waals surface area contributed by atoms with E-state index in [-0.39, 0.29) is 0 Å². The van der Waals surface area contributed by atoms with Gasteiger partial charge in [0.25, 0.3) is 0 Å². The molecule has 0 saturated heterocycles. The monoisotopic (exact) mass is 547 g/mol. The van der Waals surface area contributed by atoms with E-state index < -0.39 is 29.0 Å². The van der Waals surface area contributed by atoms with Crippen LogP contribution in [0, 0.1) is 6.92 Å². The molecule has 0 spiro atoms. The molecule has 0 bridgehead atoms. The average molecular weight is 548 g/mol. The van der Waals surface area contributed by atoms with Crippen LogP contribution in [-0.2, 0) is 39.5 Å². The van der Waals surface area contributed by atoms with Crippen LogP contribution in [0.25, 0.3) is 11.1 Å². The molecule has 2 aliphatic rings. The zero-order valence-corrected chi connectivity index (χ0v) is 24.0. The Kier molecular flexibility index (Phi) is 7.94. The number of aryl methyl sites for hydroxylation is 2. The Balaban J connectivity index is 1.67. The molecule has 2 heterocycles. The summed E-state index contributed by atoms with van der Waals surface area (Å²) in [6, 6.07) is 18.1. The van der Waals surface area contributed by atoms with Crippen LogP contribution < -0.4 is 9.04 Å². The predicted octanol–water partition coefficient (Wildman–Crippen LogP) is 6.54. The number of hydrogen-bond acceptors (Lipinski definition) is 5. The van der Waals surface area contributed by atoms with Gasteiger partial charge in [0, 0.05) is 11.1 Å². The van der Waals surface area contributed by atoms with Crippen LogP contribution in [0.2, 0.25) is 0 Å². The molecule has 2 atom stereocenters. The van der Waals surface area contributed by atoms with Gasteiger partial charge < -0.3 is 19.1 Å². The highest BCUT2D eigenvalue weighted by Crippen LogP contribution is 2.45. The zero-order chi connectivity index (χ0) is 27.7. The minimum atomic E-state index is -1.30. The van der Waals surface area contributed by atoms with Gasteiger partial charge in [-0.2, -0.15) is 4.31 Å². The number of ether oxygens (including phenoxy) is 2. The summed E-state index contributed by atoms with van der Waals surface area (Å²) in [5, 5.41) is 10.5. The Morgan fingerprint density at radius 2 is 1.90 bits per heavy atom. The van der Waals surface area contributed by atoms with Gasteiger partial charge in [-0.3, -0.25) is 0 Å². The quantitative estimate of drug-likeness (QED) is 0.338. The fraction of sp³-hybridized carbons (Fsp3) is 0.406. The van der Waals surface area contributed by atoms with E-state index in [1.807, 2.05) is 74.5 Å². The molecule has 0 radical (unpaired) electrons. The van der Waals surface area contributed by atoms with E-state index in [1.54, 1.807) is 0 Å². The third kappa shape index (κ3) is 5.96. The zero-order valence-electron chi connectivity index (χ0n) is 23.2. The molecule has 1 N–H and O–H groups in total. The Hall–Kier alpha value is -3.00. The minimum absolute atomic E-state index is 0.405. The normalized spacial score (nSPS) is 16.6. The van der Waals surface area contributed by atoms with E-state index in [1.165, 1.54) is 0 Å². The smallest absolute Gasteiger partial charge is 0.337 e. The van der Waals surface area contributed by atoms with Crippen LogP contribution in [-0.4, -0.2) is 34.4 Å². The first-order valence-corrected chi connectivity index (χ1v) is 14.9. The maximum atomic E-state index is 13.7. The van der Waals surface area contributed by atoms with Crippen molar-refractivity contribution in [3.63, 3.8) is 0 Å². The van der Waals surface area contributed by atoms with Crippen molar-refractivity contribution in [1.82, 2.24) is 0 Å². The second kappa shape index (κ2) is 11.2. The summed E-state index contributed by atoms with van der Waals surface area (Å²) in [4.78, 5) is 12.8. The standard InChI is InChI=1S/C32H37NO5S/c1-21-18-26-25(13-8-16-33(26)39(36)20-22-10-6-5-7-11-22)29(30(31(34)35)38-32(2,3)4)28(21)24-14-15-27-23(19-24)12-9-17-37-27/h5-7,10-11,14-15,18-19,30H,8-9,12-13,16-17,20H2,1-4H3,(H,34,35). The van der Waals surface area contributed by atoms with Crippen LogP contribution in [0.5, 0.6) is 5.75 Å². The van der Waals surface area contributed by atoms with Gasteiger partial charge in [-0.1, -0.05) is 36.4 Å². The summed E-state index contributed by atoms with van der Waals surface area (Å²) in [6.45, 7) is 9.01. The van der Waals surface area contributed by atoms with E-state index in [4.69, 9.17) is 9.47 Å². The SMILES string of the molecule is Cc1cc2c(c(C(OC(C)(C)C)C(=O)O)c1-c1ccc3c(c1)CCCO3)CCCN2[S+]([O-])Cc1ccccc1. The molecule has 2 aliphatic heterocycles. The fourth-order valence-electron chi connectivity index (χ4n) is 5.65. The van der Waals surface area contributed by atoms with Gasteiger partial charge in [0.15, 0.2) is 11.9 Å². The van der Waals surface area contributed by atoms with Gasteiger partial charge >= 0.3 is 5.97 Å². The van der Waals surface area contributed by atoms with Crippen LogP contribution in [0.15, 0.2) is 54.6 Å². The molecular weight excluding hydrogens is 510 g/mol. The number of fused-ring (bicyclic) bond motifs is 2. The van der Waals surface area contributed by atoms with Gasteiger partial charge in [-0.15, -0.1) is 0 Å². The molecule has 7 heteroatoms. The number of rotatable bonds is 7. The first kappa shape index (κ1) is 27.6. The fourth-order valence-corrected chi connectivity index (χ4v) is 7.00. The molecule has 206 valence electrons. The topological polar surface area (TPSA) is 82.1 Å². The van der Waals surface area contributed by atoms with Gasteiger partial charge in [-0.25, -0.2) is 4.79 Å². The molecule has 0 fully saturated rings. The highest BCUT2D eigenvalue weighted by Gasteiger charge is 2.37. The summed E-state index contributed by atoms with van der Waals surface area (Å²) in [7, 11) is 0. The molecule has 0 saturated carbocycles. The number of benzene rings is 3. The van der Waals surface area contributed by atoms with E-state index in [0.717, 1.165) is 64.1 Å². The molecular formula is C32H37NO5S. The minimum Gasteiger partial charge on any atom is -0.593 e. The second-order valence-corrected chi connectivity index (χ2v) is 12.7. The molecule has 5 rings (SSSR count). The van der Waals surface area contributed by atoms with Crippen LogP contribution in [0.3, 0.4) is 0 Å². The number of nitrogens with zero attached hydrogens (tertiary/aromatic N) is 1. The van der Waals surface area contributed by atoms with Crippen LogP contribution >= 0.6 is 0 Å². The molecule has 3 aromatic carbocycles. The second-order valence-electron chi connectivity index (χ2n) is 11.4. The molecule has 39 heavy (non-hydrogen) atoms. The lowest BCUT2D eigenvalue weighted by molar-refractivity contribution is -0.160. The van der Waals surface area contributed by atoms with E-state index in [9.17, 15) is 14.5 Å². The largest absolute Gasteiger partial charge is 0.593 e. The summed E-state index contributed by atoms with van der Waals surface area (Å²) in [5.41, 5.74) is 6.67. The number of anilines is 1. The third-order valence-electron chi connectivity index (χ3n) is 7.24. The molecule has 0 aromatic heterocycles. The average Bonchev–Trinajstić information content (AvgIpc) is 2.90. The van der Waals surface area contributed by atoms with E-state index in [0.29, 0.717) is 30.9 Å². The Morgan fingerprint density at radius 1 is 1.13 bits per heavy atom. The summed E-state index contributed by atoms with van der Waals surface area (Å²) < 4.78 is 27.7. The van der Waals surface area contributed by atoms with Gasteiger partial charge in [0.05, 0.1) is 35.8 Å². The van der Waals surface area contributed by atoms with E-state index >= 15 is 0 Å². The molecule has 2 unspecified atom stereocenters. The van der Waals surface area contributed by atoms with Crippen molar-refractivity contribution in [2.75, 3.05) is 17.5 Å². The van der Waals surface area contributed by atoms with E-state index in [2.05, 4.69) is 12.1 Å². The van der Waals surface area contributed by atoms with Crippen molar-refractivity contribution < 1.29 is 23.9 Å². The van der Waals surface area contributed by atoms with Crippen molar-refractivity contribution in [2.24, 2.45) is 0 Å². The highest BCUT2D eigenvalue weighted by atomic mass is 32.2. The number of aliphatic carboxylic acids is 1. The summed E-state index contributed by atoms with van der Waals surface area (Å²) in [5.74, 6) is 0.274. The highest BCUT2D eigenvalue weighted by molar-refractivity contribution is 7.92. The Morgan fingerprint density at radius 3 is 2.62 bits per heavy atom. The number of carboxylic acids is 1. The van der Waals surface area contributed by atoms with Crippen molar-refractivity contribution in [2.45, 2.75) is 70.8 Å². The third-order valence-corrected chi connectivity index (χ3v) is 8.69. The maximum absolute atomic E-state index is 13.7. The Labute approximate surface area is 234 Å². The van der Waals surface area contributed by atoms with Gasteiger partial charge in [0.1, 0.15) is 5.75 Å².